The Labute approximate surface area is 117 Å². The maximum atomic E-state index is 12.6. The molecular formula is C15H29N3O. The fourth-order valence-corrected chi connectivity index (χ4v) is 3.20. The molecule has 19 heavy (non-hydrogen) atoms. The third-order valence-electron chi connectivity index (χ3n) is 4.66. The third-order valence-corrected chi connectivity index (χ3v) is 4.66. The van der Waals surface area contributed by atoms with Crippen LogP contribution in [0.3, 0.4) is 0 Å². The van der Waals surface area contributed by atoms with E-state index in [4.69, 9.17) is 0 Å². The van der Waals surface area contributed by atoms with Gasteiger partial charge < -0.3 is 9.80 Å². The molecular weight excluding hydrogens is 238 g/mol. The van der Waals surface area contributed by atoms with E-state index in [2.05, 4.69) is 35.6 Å². The van der Waals surface area contributed by atoms with Crippen molar-refractivity contribution in [3.8, 4) is 0 Å². The van der Waals surface area contributed by atoms with Crippen molar-refractivity contribution in [1.29, 1.82) is 0 Å². The molecule has 110 valence electrons. The number of carbonyl (C=O) groups excluding carboxylic acids is 1. The van der Waals surface area contributed by atoms with Gasteiger partial charge in [0.1, 0.15) is 0 Å². The summed E-state index contributed by atoms with van der Waals surface area (Å²) in [7, 11) is 2.16. The smallest absolute Gasteiger partial charge is 0.225 e. The Bertz CT molecular complexity index is 298. The summed E-state index contributed by atoms with van der Waals surface area (Å²) in [6.07, 6.45) is 3.28. The second kappa shape index (κ2) is 6.71. The maximum Gasteiger partial charge on any atom is 0.225 e. The molecule has 2 rings (SSSR count). The van der Waals surface area contributed by atoms with E-state index in [-0.39, 0.29) is 5.92 Å². The Kier molecular flexibility index (Phi) is 5.22. The molecule has 1 atom stereocenters. The van der Waals surface area contributed by atoms with E-state index in [1.165, 1.54) is 6.42 Å². The molecule has 4 heteroatoms. The van der Waals surface area contributed by atoms with E-state index >= 15 is 0 Å². The molecule has 0 bridgehead atoms. The van der Waals surface area contributed by atoms with Crippen LogP contribution in [0.15, 0.2) is 0 Å². The van der Waals surface area contributed by atoms with E-state index in [9.17, 15) is 4.79 Å². The lowest BCUT2D eigenvalue weighted by molar-refractivity contribution is -0.138. The van der Waals surface area contributed by atoms with Gasteiger partial charge in [-0.3, -0.25) is 9.69 Å². The Hall–Kier alpha value is -0.610. The predicted octanol–water partition coefficient (Wildman–Crippen LogP) is 1.27. The topological polar surface area (TPSA) is 26.8 Å². The van der Waals surface area contributed by atoms with Crippen molar-refractivity contribution in [2.75, 3.05) is 46.3 Å². The third kappa shape index (κ3) is 3.93. The number of likely N-dealkylation sites (tertiary alicyclic amines) is 1. The first-order chi connectivity index (χ1) is 9.08. The van der Waals surface area contributed by atoms with Gasteiger partial charge in [-0.15, -0.1) is 0 Å². The summed E-state index contributed by atoms with van der Waals surface area (Å²) in [5.41, 5.74) is 0. The summed E-state index contributed by atoms with van der Waals surface area (Å²) in [5.74, 6) is 0.689. The van der Waals surface area contributed by atoms with Gasteiger partial charge in [-0.25, -0.2) is 0 Å². The summed E-state index contributed by atoms with van der Waals surface area (Å²) in [6, 6.07) is 0.601. The van der Waals surface area contributed by atoms with Crippen LogP contribution in [0.5, 0.6) is 0 Å². The standard InChI is InChI=1S/C15H29N3O/c1-13(2)17-9-11-18(12-10-17)15(19)14-5-4-7-16(3)8-6-14/h13-14H,4-12H2,1-3H3. The van der Waals surface area contributed by atoms with Gasteiger partial charge in [0.15, 0.2) is 0 Å². The van der Waals surface area contributed by atoms with Crippen LogP contribution < -0.4 is 0 Å². The monoisotopic (exact) mass is 267 g/mol. The second-order valence-corrected chi connectivity index (χ2v) is 6.39. The van der Waals surface area contributed by atoms with Crippen LogP contribution in [0.4, 0.5) is 0 Å². The van der Waals surface area contributed by atoms with Gasteiger partial charge in [-0.05, 0) is 53.2 Å². The molecule has 1 amide bonds. The molecule has 2 fully saturated rings. The van der Waals surface area contributed by atoms with E-state index in [0.29, 0.717) is 11.9 Å². The first kappa shape index (κ1) is 14.8. The van der Waals surface area contributed by atoms with Crippen LogP contribution in [0, 0.1) is 5.92 Å². The Morgan fingerprint density at radius 2 is 1.68 bits per heavy atom. The summed E-state index contributed by atoms with van der Waals surface area (Å²) < 4.78 is 0. The van der Waals surface area contributed by atoms with Crippen molar-refractivity contribution in [3.05, 3.63) is 0 Å². The maximum absolute atomic E-state index is 12.6. The molecule has 2 aliphatic rings. The summed E-state index contributed by atoms with van der Waals surface area (Å²) in [6.45, 7) is 10.6. The van der Waals surface area contributed by atoms with Gasteiger partial charge >= 0.3 is 0 Å². The van der Waals surface area contributed by atoms with E-state index in [1.807, 2.05) is 0 Å². The van der Waals surface area contributed by atoms with Gasteiger partial charge in [0.05, 0.1) is 0 Å². The predicted molar refractivity (Wildman–Crippen MR) is 78.1 cm³/mol. The molecule has 0 spiro atoms. The van der Waals surface area contributed by atoms with E-state index < -0.39 is 0 Å². The van der Waals surface area contributed by atoms with Crippen LogP contribution in [-0.4, -0.2) is 73.0 Å². The highest BCUT2D eigenvalue weighted by molar-refractivity contribution is 5.79. The van der Waals surface area contributed by atoms with Crippen molar-refractivity contribution in [2.24, 2.45) is 5.92 Å². The zero-order valence-electron chi connectivity index (χ0n) is 12.8. The summed E-state index contributed by atoms with van der Waals surface area (Å²) in [4.78, 5) is 19.5. The first-order valence-corrected chi connectivity index (χ1v) is 7.79. The average molecular weight is 267 g/mol. The highest BCUT2D eigenvalue weighted by Crippen LogP contribution is 2.20. The van der Waals surface area contributed by atoms with Crippen LogP contribution in [0.2, 0.25) is 0 Å². The molecule has 2 heterocycles. The number of piperazine rings is 1. The van der Waals surface area contributed by atoms with Crippen molar-refractivity contribution in [1.82, 2.24) is 14.7 Å². The highest BCUT2D eigenvalue weighted by Gasteiger charge is 2.28. The minimum absolute atomic E-state index is 0.274. The fraction of sp³-hybridized carbons (Fsp3) is 0.933. The minimum atomic E-state index is 0.274. The van der Waals surface area contributed by atoms with Crippen LogP contribution in [0.1, 0.15) is 33.1 Å². The molecule has 0 aromatic carbocycles. The zero-order valence-corrected chi connectivity index (χ0v) is 12.8. The Morgan fingerprint density at radius 1 is 1.00 bits per heavy atom. The molecule has 4 nitrogen and oxygen atoms in total. The van der Waals surface area contributed by atoms with Crippen LogP contribution >= 0.6 is 0 Å². The van der Waals surface area contributed by atoms with Gasteiger partial charge in [-0.1, -0.05) is 0 Å². The molecule has 2 saturated heterocycles. The lowest BCUT2D eigenvalue weighted by Crippen LogP contribution is -2.52. The molecule has 0 aromatic heterocycles. The van der Waals surface area contributed by atoms with Gasteiger partial charge in [0, 0.05) is 38.1 Å². The van der Waals surface area contributed by atoms with Crippen molar-refractivity contribution in [3.63, 3.8) is 0 Å². The quantitative estimate of drug-likeness (QED) is 0.754. The average Bonchev–Trinajstić information content (AvgIpc) is 2.63. The van der Waals surface area contributed by atoms with Crippen molar-refractivity contribution in [2.45, 2.75) is 39.2 Å². The van der Waals surface area contributed by atoms with E-state index in [0.717, 1.165) is 52.1 Å². The number of carbonyl (C=O) groups is 1. The number of amides is 1. The SMILES string of the molecule is CC(C)N1CCN(C(=O)C2CCCN(C)CC2)CC1. The Balaban J connectivity index is 1.83. The molecule has 0 radical (unpaired) electrons. The zero-order chi connectivity index (χ0) is 13.8. The Morgan fingerprint density at radius 3 is 2.32 bits per heavy atom. The minimum Gasteiger partial charge on any atom is -0.340 e. The number of hydrogen-bond donors (Lipinski definition) is 0. The normalized spacial score (nSPS) is 27.6. The van der Waals surface area contributed by atoms with Gasteiger partial charge in [0.25, 0.3) is 0 Å². The lowest BCUT2D eigenvalue weighted by Gasteiger charge is -2.38. The highest BCUT2D eigenvalue weighted by atomic mass is 16.2. The molecule has 0 N–H and O–H groups in total. The molecule has 0 saturated carbocycles. The first-order valence-electron chi connectivity index (χ1n) is 7.79. The largest absolute Gasteiger partial charge is 0.340 e. The second-order valence-electron chi connectivity index (χ2n) is 6.39. The number of rotatable bonds is 2. The van der Waals surface area contributed by atoms with Crippen molar-refractivity contribution >= 4 is 5.91 Å². The number of nitrogens with zero attached hydrogens (tertiary/aromatic N) is 3. The summed E-state index contributed by atoms with van der Waals surface area (Å²) >= 11 is 0. The summed E-state index contributed by atoms with van der Waals surface area (Å²) in [5, 5.41) is 0. The molecule has 0 aromatic rings. The fourth-order valence-electron chi connectivity index (χ4n) is 3.20. The van der Waals surface area contributed by atoms with Gasteiger partial charge in [0.2, 0.25) is 5.91 Å². The lowest BCUT2D eigenvalue weighted by atomic mass is 9.98. The van der Waals surface area contributed by atoms with E-state index in [1.54, 1.807) is 0 Å². The molecule has 2 aliphatic heterocycles. The number of hydrogen-bond acceptors (Lipinski definition) is 3. The van der Waals surface area contributed by atoms with Crippen LogP contribution in [0.25, 0.3) is 0 Å². The molecule has 1 unspecified atom stereocenters. The van der Waals surface area contributed by atoms with Crippen molar-refractivity contribution < 1.29 is 4.79 Å². The van der Waals surface area contributed by atoms with Gasteiger partial charge in [-0.2, -0.15) is 0 Å². The molecule has 0 aliphatic carbocycles. The van der Waals surface area contributed by atoms with Crippen LogP contribution in [-0.2, 0) is 4.79 Å².